The van der Waals surface area contributed by atoms with Crippen LogP contribution in [0, 0.1) is 17.3 Å². The summed E-state index contributed by atoms with van der Waals surface area (Å²) in [6.07, 6.45) is 10.6. The number of benzene rings is 1. The van der Waals surface area contributed by atoms with Crippen LogP contribution in [0.4, 0.5) is 0 Å². The van der Waals surface area contributed by atoms with Crippen molar-refractivity contribution in [3.63, 3.8) is 0 Å². The largest absolute Gasteiger partial charge is 0.481 e. The Morgan fingerprint density at radius 2 is 1.76 bits per heavy atom. The molecule has 0 radical (unpaired) electrons. The molecule has 4 atom stereocenters. The lowest BCUT2D eigenvalue weighted by Crippen LogP contribution is -2.50. The maximum atomic E-state index is 14.8. The molecule has 1 amide bonds. The van der Waals surface area contributed by atoms with Crippen LogP contribution >= 0.6 is 0 Å². The number of pyridine rings is 1. The fraction of sp³-hybridized carbons (Fsp3) is 0.658. The zero-order valence-electron chi connectivity index (χ0n) is 28.6. The van der Waals surface area contributed by atoms with Crippen LogP contribution in [0.3, 0.4) is 0 Å². The lowest BCUT2D eigenvalue weighted by Gasteiger charge is -2.37. The van der Waals surface area contributed by atoms with Gasteiger partial charge in [0, 0.05) is 36.2 Å². The highest BCUT2D eigenvalue weighted by atomic mass is 16.5. The Labute approximate surface area is 270 Å². The number of carbonyl (C=O) groups excluding carboxylic acids is 2. The number of nitrogens with zero attached hydrogens (tertiary/aromatic N) is 2. The van der Waals surface area contributed by atoms with E-state index in [-0.39, 0.29) is 53.7 Å². The zero-order chi connectivity index (χ0) is 32.3. The number of hydrogen-bond acceptors (Lipinski definition) is 6. The van der Waals surface area contributed by atoms with E-state index >= 15 is 0 Å². The number of carbonyl (C=O) groups is 2. The van der Waals surface area contributed by atoms with Gasteiger partial charge in [0.05, 0.1) is 19.8 Å². The minimum atomic E-state index is -0.691. The van der Waals surface area contributed by atoms with E-state index in [2.05, 4.69) is 70.3 Å². The molecular formula is C38H55N3O4. The third-order valence-corrected chi connectivity index (χ3v) is 10.6. The standard InChI is InChI=1S/C38H55N3O4/c1-8-45-37(43)34-31(38(4,5)6)32(39-23-28-21-27(25-17-14-18-25)22-40-35(28)44-7)33(30-20-13-12-19-29(30)24(2)3)41(34)36(42)26-15-10-9-11-16-26/h12-13,19-22,24-26,31-34,39H,8-11,14-18,23H2,1-7H3/t31-,32-,33-,34-/m0/s1. The molecule has 1 aromatic heterocycles. The fourth-order valence-electron chi connectivity index (χ4n) is 8.15. The van der Waals surface area contributed by atoms with E-state index in [0.29, 0.717) is 18.3 Å². The molecule has 7 nitrogen and oxygen atoms in total. The predicted octanol–water partition coefficient (Wildman–Crippen LogP) is 7.70. The molecule has 2 heterocycles. The summed E-state index contributed by atoms with van der Waals surface area (Å²) in [5, 5.41) is 3.94. The quantitative estimate of drug-likeness (QED) is 0.275. The molecule has 2 aromatic rings. The number of esters is 1. The second-order valence-electron chi connectivity index (χ2n) is 14.9. The van der Waals surface area contributed by atoms with Gasteiger partial charge in [-0.1, -0.05) is 84.6 Å². The Kier molecular flexibility index (Phi) is 10.6. The number of rotatable bonds is 10. The van der Waals surface area contributed by atoms with Gasteiger partial charge in [-0.3, -0.25) is 4.79 Å². The van der Waals surface area contributed by atoms with Crippen molar-refractivity contribution in [1.29, 1.82) is 0 Å². The lowest BCUT2D eigenvalue weighted by molar-refractivity contribution is -0.158. The highest BCUT2D eigenvalue weighted by molar-refractivity contribution is 5.88. The van der Waals surface area contributed by atoms with Gasteiger partial charge in [0.2, 0.25) is 11.8 Å². The highest BCUT2D eigenvalue weighted by Gasteiger charge is 2.59. The number of nitrogens with one attached hydrogen (secondary N) is 1. The Morgan fingerprint density at radius 1 is 1.04 bits per heavy atom. The van der Waals surface area contributed by atoms with Gasteiger partial charge in [-0.25, -0.2) is 9.78 Å². The van der Waals surface area contributed by atoms with Gasteiger partial charge in [0.25, 0.3) is 0 Å². The molecule has 45 heavy (non-hydrogen) atoms. The van der Waals surface area contributed by atoms with Crippen LogP contribution in [0.15, 0.2) is 36.5 Å². The molecule has 1 aliphatic heterocycles. The Balaban J connectivity index is 1.64. The van der Waals surface area contributed by atoms with Crippen molar-refractivity contribution < 1.29 is 19.1 Å². The molecule has 1 N–H and O–H groups in total. The lowest BCUT2D eigenvalue weighted by atomic mass is 9.72. The van der Waals surface area contributed by atoms with Crippen LogP contribution in [-0.2, 0) is 20.9 Å². The molecule has 0 bridgehead atoms. The van der Waals surface area contributed by atoms with E-state index in [1.165, 1.54) is 30.4 Å². The van der Waals surface area contributed by atoms with Crippen molar-refractivity contribution in [3.8, 4) is 5.88 Å². The van der Waals surface area contributed by atoms with E-state index in [0.717, 1.165) is 43.2 Å². The maximum Gasteiger partial charge on any atom is 0.329 e. The van der Waals surface area contributed by atoms with Gasteiger partial charge in [0.15, 0.2) is 0 Å². The number of ether oxygens (including phenoxy) is 2. The average molecular weight is 618 g/mol. The van der Waals surface area contributed by atoms with Gasteiger partial charge in [-0.15, -0.1) is 0 Å². The van der Waals surface area contributed by atoms with E-state index in [4.69, 9.17) is 14.5 Å². The van der Waals surface area contributed by atoms with E-state index in [1.807, 2.05) is 18.0 Å². The van der Waals surface area contributed by atoms with Gasteiger partial charge in [-0.2, -0.15) is 0 Å². The predicted molar refractivity (Wildman–Crippen MR) is 178 cm³/mol. The van der Waals surface area contributed by atoms with Crippen LogP contribution in [0.25, 0.3) is 0 Å². The summed E-state index contributed by atoms with van der Waals surface area (Å²) in [5.74, 6) is 0.956. The summed E-state index contributed by atoms with van der Waals surface area (Å²) < 4.78 is 11.5. The summed E-state index contributed by atoms with van der Waals surface area (Å²) in [6.45, 7) is 13.6. The Morgan fingerprint density at radius 3 is 2.36 bits per heavy atom. The van der Waals surface area contributed by atoms with E-state index in [1.54, 1.807) is 7.11 Å². The van der Waals surface area contributed by atoms with Crippen molar-refractivity contribution >= 4 is 11.9 Å². The monoisotopic (exact) mass is 617 g/mol. The number of methoxy groups -OCH3 is 1. The Bertz CT molecular complexity index is 1320. The first kappa shape index (κ1) is 33.4. The average Bonchev–Trinajstić information content (AvgIpc) is 3.35. The van der Waals surface area contributed by atoms with E-state index in [9.17, 15) is 9.59 Å². The Hall–Kier alpha value is -2.93. The van der Waals surface area contributed by atoms with Crippen LogP contribution in [0.1, 0.15) is 133 Å². The first-order valence-corrected chi connectivity index (χ1v) is 17.4. The summed E-state index contributed by atoms with van der Waals surface area (Å²) in [4.78, 5) is 35.6. The third-order valence-electron chi connectivity index (χ3n) is 10.6. The molecule has 3 fully saturated rings. The number of likely N-dealkylation sites (tertiary alicyclic amines) is 1. The number of aromatic nitrogens is 1. The van der Waals surface area contributed by atoms with Crippen LogP contribution < -0.4 is 10.1 Å². The molecule has 5 rings (SSSR count). The van der Waals surface area contributed by atoms with Crippen molar-refractivity contribution in [3.05, 3.63) is 58.8 Å². The first-order valence-electron chi connectivity index (χ1n) is 17.4. The molecule has 3 aliphatic rings. The summed E-state index contributed by atoms with van der Waals surface area (Å²) >= 11 is 0. The van der Waals surface area contributed by atoms with Gasteiger partial charge in [-0.05, 0) is 72.6 Å². The van der Waals surface area contributed by atoms with Crippen molar-refractivity contribution in [2.75, 3.05) is 13.7 Å². The van der Waals surface area contributed by atoms with Crippen LogP contribution in [0.2, 0.25) is 0 Å². The first-order chi connectivity index (χ1) is 21.6. The summed E-state index contributed by atoms with van der Waals surface area (Å²) in [6, 6.07) is 9.52. The van der Waals surface area contributed by atoms with Crippen LogP contribution in [0.5, 0.6) is 5.88 Å². The minimum Gasteiger partial charge on any atom is -0.481 e. The normalized spacial score (nSPS) is 24.5. The SMILES string of the molecule is CCOC(=O)[C@@H]1[C@@H](C(C)(C)C)[C@H](NCc2cc(C3CCC3)cnc2OC)[C@H](c2ccccc2C(C)C)N1C(=O)C1CCCCC1. The van der Waals surface area contributed by atoms with Crippen molar-refractivity contribution in [2.45, 2.75) is 129 Å². The third kappa shape index (κ3) is 6.94. The van der Waals surface area contributed by atoms with E-state index < -0.39 is 6.04 Å². The fourth-order valence-corrected chi connectivity index (χ4v) is 8.15. The molecule has 246 valence electrons. The van der Waals surface area contributed by atoms with Crippen molar-refractivity contribution in [1.82, 2.24) is 15.2 Å². The summed E-state index contributed by atoms with van der Waals surface area (Å²) in [7, 11) is 1.67. The molecule has 1 aromatic carbocycles. The topological polar surface area (TPSA) is 80.8 Å². The molecule has 1 saturated heterocycles. The maximum absolute atomic E-state index is 14.8. The van der Waals surface area contributed by atoms with Crippen LogP contribution in [-0.4, -0.2) is 47.6 Å². The molecule has 0 spiro atoms. The number of hydrogen-bond donors (Lipinski definition) is 1. The van der Waals surface area contributed by atoms with Crippen molar-refractivity contribution in [2.24, 2.45) is 17.3 Å². The summed E-state index contributed by atoms with van der Waals surface area (Å²) in [5.41, 5.74) is 4.29. The highest BCUT2D eigenvalue weighted by Crippen LogP contribution is 2.51. The smallest absolute Gasteiger partial charge is 0.329 e. The second kappa shape index (κ2) is 14.2. The van der Waals surface area contributed by atoms with Gasteiger partial charge in [0.1, 0.15) is 6.04 Å². The second-order valence-corrected chi connectivity index (χ2v) is 14.9. The molecular weight excluding hydrogens is 562 g/mol. The minimum absolute atomic E-state index is 0.0767. The van der Waals surface area contributed by atoms with Gasteiger partial charge < -0.3 is 19.7 Å². The van der Waals surface area contributed by atoms with Gasteiger partial charge >= 0.3 is 5.97 Å². The molecule has 2 aliphatic carbocycles. The molecule has 2 saturated carbocycles. The number of amides is 1. The molecule has 7 heteroatoms. The zero-order valence-corrected chi connectivity index (χ0v) is 28.6. The molecule has 0 unspecified atom stereocenters.